The highest BCUT2D eigenvalue weighted by atomic mass is 16.5. The van der Waals surface area contributed by atoms with Gasteiger partial charge in [0, 0.05) is 24.6 Å². The van der Waals surface area contributed by atoms with Crippen molar-refractivity contribution in [2.24, 2.45) is 0 Å². The van der Waals surface area contributed by atoms with Crippen LogP contribution in [0.2, 0.25) is 0 Å². The fourth-order valence-corrected chi connectivity index (χ4v) is 4.16. The van der Waals surface area contributed by atoms with E-state index in [-0.39, 0.29) is 6.10 Å². The van der Waals surface area contributed by atoms with Crippen LogP contribution >= 0.6 is 0 Å². The molecule has 0 radical (unpaired) electrons. The molecular formula is C24H27N5O. The van der Waals surface area contributed by atoms with Crippen molar-refractivity contribution in [3.63, 3.8) is 0 Å². The number of nitrogens with zero attached hydrogens (tertiary/aromatic N) is 4. The van der Waals surface area contributed by atoms with Crippen molar-refractivity contribution in [3.8, 4) is 5.69 Å². The molecular weight excluding hydrogens is 374 g/mol. The van der Waals surface area contributed by atoms with E-state index in [1.165, 1.54) is 31.5 Å². The molecule has 3 heterocycles. The first kappa shape index (κ1) is 19.0. The summed E-state index contributed by atoms with van der Waals surface area (Å²) < 4.78 is 8.14. The zero-order valence-corrected chi connectivity index (χ0v) is 17.3. The number of imidazole rings is 2. The van der Waals surface area contributed by atoms with Gasteiger partial charge >= 0.3 is 0 Å². The lowest BCUT2D eigenvalue weighted by Gasteiger charge is -2.14. The van der Waals surface area contributed by atoms with Gasteiger partial charge in [0.2, 0.25) is 0 Å². The predicted molar refractivity (Wildman–Crippen MR) is 117 cm³/mol. The summed E-state index contributed by atoms with van der Waals surface area (Å²) in [6.07, 6.45) is 8.03. The number of nitrogens with one attached hydrogen (secondary N) is 1. The molecule has 1 unspecified atom stereocenters. The lowest BCUT2D eigenvalue weighted by atomic mass is 10.1. The van der Waals surface area contributed by atoms with E-state index in [0.717, 1.165) is 34.7 Å². The van der Waals surface area contributed by atoms with E-state index in [4.69, 9.17) is 4.74 Å². The Morgan fingerprint density at radius 3 is 2.80 bits per heavy atom. The fraction of sp³-hybridized carbons (Fsp3) is 0.333. The number of hydrogen-bond acceptors (Lipinski definition) is 4. The fourth-order valence-electron chi connectivity index (χ4n) is 4.16. The zero-order chi connectivity index (χ0) is 20.3. The van der Waals surface area contributed by atoms with E-state index in [0.29, 0.717) is 6.61 Å². The minimum absolute atomic E-state index is 0.0771. The number of aromatic nitrogens is 4. The molecule has 2 aromatic heterocycles. The molecule has 0 aliphatic carbocycles. The molecule has 0 saturated carbocycles. The van der Waals surface area contributed by atoms with Crippen LogP contribution in [-0.2, 0) is 17.9 Å². The van der Waals surface area contributed by atoms with Crippen molar-refractivity contribution >= 4 is 11.0 Å². The van der Waals surface area contributed by atoms with E-state index in [1.807, 2.05) is 19.4 Å². The molecule has 0 bridgehead atoms. The maximum absolute atomic E-state index is 5.99. The van der Waals surface area contributed by atoms with Crippen LogP contribution < -0.4 is 0 Å². The normalized spacial score (nSPS) is 15.8. The lowest BCUT2D eigenvalue weighted by Crippen LogP contribution is -2.18. The molecule has 0 spiro atoms. The molecule has 1 atom stereocenters. The second-order valence-electron chi connectivity index (χ2n) is 8.02. The SMILES string of the molecule is CC(OCc1cccc(-n2cnc3cc(CN4CCCC4)ccc32)c1)c1ncc[nH]1. The van der Waals surface area contributed by atoms with Crippen molar-refractivity contribution in [1.82, 2.24) is 24.4 Å². The van der Waals surface area contributed by atoms with Crippen LogP contribution in [0.4, 0.5) is 0 Å². The number of benzene rings is 2. The monoisotopic (exact) mass is 401 g/mol. The Bertz CT molecular complexity index is 1110. The van der Waals surface area contributed by atoms with E-state index in [2.05, 4.69) is 66.9 Å². The highest BCUT2D eigenvalue weighted by Crippen LogP contribution is 2.23. The summed E-state index contributed by atoms with van der Waals surface area (Å²) in [6.45, 7) is 5.97. The molecule has 6 heteroatoms. The molecule has 30 heavy (non-hydrogen) atoms. The zero-order valence-electron chi connectivity index (χ0n) is 17.3. The van der Waals surface area contributed by atoms with Gasteiger partial charge < -0.3 is 9.72 Å². The Morgan fingerprint density at radius 1 is 1.07 bits per heavy atom. The maximum atomic E-state index is 5.99. The first-order chi connectivity index (χ1) is 14.8. The lowest BCUT2D eigenvalue weighted by molar-refractivity contribution is 0.0473. The minimum Gasteiger partial charge on any atom is -0.366 e. The van der Waals surface area contributed by atoms with Crippen molar-refractivity contribution in [1.29, 1.82) is 0 Å². The van der Waals surface area contributed by atoms with Gasteiger partial charge in [-0.25, -0.2) is 9.97 Å². The molecule has 1 aliphatic rings. The van der Waals surface area contributed by atoms with Gasteiger partial charge in [-0.2, -0.15) is 0 Å². The number of hydrogen-bond donors (Lipinski definition) is 1. The number of likely N-dealkylation sites (tertiary alicyclic amines) is 1. The van der Waals surface area contributed by atoms with Crippen LogP contribution in [0.3, 0.4) is 0 Å². The van der Waals surface area contributed by atoms with Crippen LogP contribution in [0.15, 0.2) is 61.2 Å². The average Bonchev–Trinajstić information content (AvgIpc) is 3.53. The van der Waals surface area contributed by atoms with Crippen LogP contribution in [0, 0.1) is 0 Å². The van der Waals surface area contributed by atoms with Crippen molar-refractivity contribution in [3.05, 3.63) is 78.1 Å². The first-order valence-corrected chi connectivity index (χ1v) is 10.6. The summed E-state index contributed by atoms with van der Waals surface area (Å²) in [6, 6.07) is 15.1. The highest BCUT2D eigenvalue weighted by Gasteiger charge is 2.13. The Morgan fingerprint density at radius 2 is 1.97 bits per heavy atom. The molecule has 0 amide bonds. The number of fused-ring (bicyclic) bond motifs is 1. The molecule has 4 aromatic rings. The quantitative estimate of drug-likeness (QED) is 0.491. The van der Waals surface area contributed by atoms with E-state index >= 15 is 0 Å². The van der Waals surface area contributed by atoms with Gasteiger partial charge in [0.25, 0.3) is 0 Å². The summed E-state index contributed by atoms with van der Waals surface area (Å²) in [4.78, 5) is 14.6. The first-order valence-electron chi connectivity index (χ1n) is 10.6. The Labute approximate surface area is 176 Å². The smallest absolute Gasteiger partial charge is 0.135 e. The van der Waals surface area contributed by atoms with Crippen LogP contribution in [0.5, 0.6) is 0 Å². The van der Waals surface area contributed by atoms with Crippen LogP contribution in [0.25, 0.3) is 16.7 Å². The number of H-pyrrole nitrogens is 1. The maximum Gasteiger partial charge on any atom is 0.135 e. The summed E-state index contributed by atoms with van der Waals surface area (Å²) in [5.74, 6) is 0.844. The molecule has 1 saturated heterocycles. The summed E-state index contributed by atoms with van der Waals surface area (Å²) in [5.41, 5.74) is 5.72. The molecule has 6 nitrogen and oxygen atoms in total. The Kier molecular flexibility index (Phi) is 5.34. The van der Waals surface area contributed by atoms with Gasteiger partial charge in [0.15, 0.2) is 0 Å². The number of aromatic amines is 1. The van der Waals surface area contributed by atoms with Crippen molar-refractivity contribution in [2.45, 2.75) is 39.0 Å². The summed E-state index contributed by atoms with van der Waals surface area (Å²) in [7, 11) is 0. The Hall–Kier alpha value is -2.96. The van der Waals surface area contributed by atoms with Gasteiger partial charge in [-0.05, 0) is 68.2 Å². The third-order valence-corrected chi connectivity index (χ3v) is 5.81. The predicted octanol–water partition coefficient (Wildman–Crippen LogP) is 4.62. The topological polar surface area (TPSA) is 59.0 Å². The number of ether oxygens (including phenoxy) is 1. The van der Waals surface area contributed by atoms with E-state index < -0.39 is 0 Å². The average molecular weight is 402 g/mol. The number of rotatable bonds is 7. The van der Waals surface area contributed by atoms with Gasteiger partial charge in [0.1, 0.15) is 18.3 Å². The molecule has 1 fully saturated rings. The second kappa shape index (κ2) is 8.42. The van der Waals surface area contributed by atoms with E-state index in [1.54, 1.807) is 6.20 Å². The van der Waals surface area contributed by atoms with Gasteiger partial charge in [-0.3, -0.25) is 9.47 Å². The van der Waals surface area contributed by atoms with Crippen LogP contribution in [0.1, 0.15) is 42.8 Å². The molecule has 5 rings (SSSR count). The molecule has 1 N–H and O–H groups in total. The Balaban J connectivity index is 1.33. The van der Waals surface area contributed by atoms with Gasteiger partial charge in [-0.15, -0.1) is 0 Å². The minimum atomic E-state index is -0.0771. The van der Waals surface area contributed by atoms with Crippen molar-refractivity contribution in [2.75, 3.05) is 13.1 Å². The van der Waals surface area contributed by atoms with Crippen LogP contribution in [-0.4, -0.2) is 37.5 Å². The second-order valence-corrected chi connectivity index (χ2v) is 8.02. The molecule has 2 aromatic carbocycles. The largest absolute Gasteiger partial charge is 0.366 e. The standard InChI is InChI=1S/C24H27N5O/c1-18(24-25-9-10-26-24)30-16-20-5-4-6-21(13-20)29-17-27-22-14-19(7-8-23(22)29)15-28-11-2-3-12-28/h4-10,13-14,17-18H,2-3,11-12,15-16H2,1H3,(H,25,26). The summed E-state index contributed by atoms with van der Waals surface area (Å²) >= 11 is 0. The van der Waals surface area contributed by atoms with Gasteiger partial charge in [0.05, 0.1) is 17.6 Å². The highest BCUT2D eigenvalue weighted by molar-refractivity contribution is 5.78. The summed E-state index contributed by atoms with van der Waals surface area (Å²) in [5, 5.41) is 0. The third kappa shape index (κ3) is 4.01. The van der Waals surface area contributed by atoms with Gasteiger partial charge in [-0.1, -0.05) is 18.2 Å². The molecule has 154 valence electrons. The molecule has 1 aliphatic heterocycles. The van der Waals surface area contributed by atoms with Crippen molar-refractivity contribution < 1.29 is 4.74 Å². The van der Waals surface area contributed by atoms with E-state index in [9.17, 15) is 0 Å². The third-order valence-electron chi connectivity index (χ3n) is 5.81.